The highest BCUT2D eigenvalue weighted by molar-refractivity contribution is 7.89. The summed E-state index contributed by atoms with van der Waals surface area (Å²) < 4.78 is 37.3. The first kappa shape index (κ1) is 18.2. The second-order valence-corrected chi connectivity index (χ2v) is 7.13. The zero-order valence-electron chi connectivity index (χ0n) is 13.7. The maximum atomic E-state index is 12.4. The molecule has 0 spiro atoms. The lowest BCUT2D eigenvalue weighted by Crippen LogP contribution is -2.34. The van der Waals surface area contributed by atoms with Crippen LogP contribution in [0.2, 0.25) is 0 Å². The van der Waals surface area contributed by atoms with Crippen molar-refractivity contribution in [2.75, 3.05) is 27.7 Å². The van der Waals surface area contributed by atoms with Crippen LogP contribution in [0, 0.1) is 0 Å². The summed E-state index contributed by atoms with van der Waals surface area (Å²) in [5, 5.41) is 0. The van der Waals surface area contributed by atoms with E-state index in [1.54, 1.807) is 18.4 Å². The number of rotatable bonds is 7. The highest BCUT2D eigenvalue weighted by atomic mass is 32.2. The molecule has 1 aromatic carbocycles. The van der Waals surface area contributed by atoms with Crippen LogP contribution < -0.4 is 4.72 Å². The molecule has 24 heavy (non-hydrogen) atoms. The molecule has 8 heteroatoms. The number of esters is 1. The molecule has 0 saturated carbocycles. The lowest BCUT2D eigenvalue weighted by Gasteiger charge is -2.22. The highest BCUT2D eigenvalue weighted by Crippen LogP contribution is 2.19. The Balaban J connectivity index is 2.11. The zero-order valence-corrected chi connectivity index (χ0v) is 14.5. The lowest BCUT2D eigenvalue weighted by atomic mass is 10.2. The minimum atomic E-state index is -3.70. The van der Waals surface area contributed by atoms with E-state index < -0.39 is 16.0 Å². The van der Waals surface area contributed by atoms with E-state index >= 15 is 0 Å². The van der Waals surface area contributed by atoms with Gasteiger partial charge in [-0.15, -0.1) is 0 Å². The Morgan fingerprint density at radius 2 is 1.92 bits per heavy atom. The van der Waals surface area contributed by atoms with Gasteiger partial charge in [-0.2, -0.15) is 0 Å². The summed E-state index contributed by atoms with van der Waals surface area (Å²) in [6, 6.07) is 8.88. The number of nitrogens with zero attached hydrogens (tertiary/aromatic N) is 1. The average Bonchev–Trinajstić information content (AvgIpc) is 3.08. The van der Waals surface area contributed by atoms with Gasteiger partial charge < -0.3 is 9.15 Å². The molecular formula is C16H20N2O5S. The molecule has 1 heterocycles. The number of carbonyl (C=O) groups excluding carboxylic acids is 1. The van der Waals surface area contributed by atoms with Crippen molar-refractivity contribution < 1.29 is 22.4 Å². The number of ether oxygens (including phenoxy) is 1. The molecule has 0 saturated heterocycles. The minimum Gasteiger partial charge on any atom is -0.468 e. The summed E-state index contributed by atoms with van der Waals surface area (Å²) in [5.41, 5.74) is 0.290. The van der Waals surface area contributed by atoms with Crippen molar-refractivity contribution >= 4 is 16.0 Å². The predicted molar refractivity (Wildman–Crippen MR) is 88.1 cm³/mol. The van der Waals surface area contributed by atoms with Crippen molar-refractivity contribution in [3.63, 3.8) is 0 Å². The molecule has 1 unspecified atom stereocenters. The van der Waals surface area contributed by atoms with Crippen LogP contribution >= 0.6 is 0 Å². The monoisotopic (exact) mass is 352 g/mol. The molecule has 130 valence electrons. The fraction of sp³-hybridized carbons (Fsp3) is 0.312. The van der Waals surface area contributed by atoms with E-state index in [1.165, 1.54) is 31.4 Å². The largest absolute Gasteiger partial charge is 0.468 e. The molecule has 2 aromatic rings. The van der Waals surface area contributed by atoms with Crippen molar-refractivity contribution in [3.05, 3.63) is 54.0 Å². The van der Waals surface area contributed by atoms with Crippen LogP contribution in [0.5, 0.6) is 0 Å². The summed E-state index contributed by atoms with van der Waals surface area (Å²) in [6.45, 7) is 0.154. The highest BCUT2D eigenvalue weighted by Gasteiger charge is 2.21. The Labute approximate surface area is 141 Å². The summed E-state index contributed by atoms with van der Waals surface area (Å²) in [7, 11) is 1.25. The standard InChI is InChI=1S/C16H20N2O5S/c1-18(2)14(15-5-4-10-23-15)11-17-24(20,21)13-8-6-12(7-9-13)16(19)22-3/h4-10,14,17H,11H2,1-3H3. The molecular weight excluding hydrogens is 332 g/mol. The number of nitrogens with one attached hydrogen (secondary N) is 1. The third-order valence-electron chi connectivity index (χ3n) is 3.55. The lowest BCUT2D eigenvalue weighted by molar-refractivity contribution is 0.0600. The van der Waals surface area contributed by atoms with Crippen LogP contribution in [-0.2, 0) is 14.8 Å². The SMILES string of the molecule is COC(=O)c1ccc(S(=O)(=O)NCC(c2ccco2)N(C)C)cc1. The van der Waals surface area contributed by atoms with Crippen LogP contribution in [0.25, 0.3) is 0 Å². The third kappa shape index (κ3) is 4.22. The Hall–Kier alpha value is -2.16. The number of furan rings is 1. The van der Waals surface area contributed by atoms with Crippen molar-refractivity contribution in [3.8, 4) is 0 Å². The fourth-order valence-corrected chi connectivity index (χ4v) is 3.22. The van der Waals surface area contributed by atoms with E-state index in [0.717, 1.165) is 0 Å². The van der Waals surface area contributed by atoms with Crippen molar-refractivity contribution in [2.45, 2.75) is 10.9 Å². The van der Waals surface area contributed by atoms with Gasteiger partial charge in [0, 0.05) is 6.54 Å². The second-order valence-electron chi connectivity index (χ2n) is 5.36. The van der Waals surface area contributed by atoms with Gasteiger partial charge in [0.25, 0.3) is 0 Å². The van der Waals surface area contributed by atoms with Gasteiger partial charge >= 0.3 is 5.97 Å². The molecule has 0 aliphatic heterocycles. The molecule has 2 rings (SSSR count). The van der Waals surface area contributed by atoms with Crippen LogP contribution in [0.1, 0.15) is 22.2 Å². The van der Waals surface area contributed by atoms with E-state index in [9.17, 15) is 13.2 Å². The van der Waals surface area contributed by atoms with Crippen molar-refractivity contribution in [1.29, 1.82) is 0 Å². The number of benzene rings is 1. The summed E-state index contributed by atoms with van der Waals surface area (Å²) in [6.07, 6.45) is 1.55. The maximum absolute atomic E-state index is 12.4. The zero-order chi connectivity index (χ0) is 17.7. The molecule has 1 N–H and O–H groups in total. The number of methoxy groups -OCH3 is 1. The molecule has 0 amide bonds. The Morgan fingerprint density at radius 1 is 1.25 bits per heavy atom. The number of hydrogen-bond donors (Lipinski definition) is 1. The number of likely N-dealkylation sites (N-methyl/N-ethyl adjacent to an activating group) is 1. The van der Waals surface area contributed by atoms with Gasteiger partial charge in [0.05, 0.1) is 29.9 Å². The van der Waals surface area contributed by atoms with E-state index in [1.807, 2.05) is 19.0 Å². The van der Waals surface area contributed by atoms with Gasteiger partial charge in [-0.3, -0.25) is 4.90 Å². The van der Waals surface area contributed by atoms with Gasteiger partial charge in [-0.1, -0.05) is 0 Å². The van der Waals surface area contributed by atoms with Gasteiger partial charge in [0.1, 0.15) is 5.76 Å². The average molecular weight is 352 g/mol. The van der Waals surface area contributed by atoms with Crippen molar-refractivity contribution in [2.24, 2.45) is 0 Å². The molecule has 0 aliphatic rings. The summed E-state index contributed by atoms with van der Waals surface area (Å²) in [4.78, 5) is 13.3. The number of carbonyl (C=O) groups is 1. The first-order chi connectivity index (χ1) is 11.3. The summed E-state index contributed by atoms with van der Waals surface area (Å²) in [5.74, 6) is 0.154. The van der Waals surface area contributed by atoms with Crippen molar-refractivity contribution in [1.82, 2.24) is 9.62 Å². The van der Waals surface area contributed by atoms with E-state index in [-0.39, 0.29) is 17.5 Å². The number of sulfonamides is 1. The van der Waals surface area contributed by atoms with Gasteiger partial charge in [-0.05, 0) is 50.5 Å². The topological polar surface area (TPSA) is 88.8 Å². The first-order valence-electron chi connectivity index (χ1n) is 7.23. The Kier molecular flexibility index (Phi) is 5.76. The smallest absolute Gasteiger partial charge is 0.337 e. The van der Waals surface area contributed by atoms with Crippen LogP contribution in [0.4, 0.5) is 0 Å². The van der Waals surface area contributed by atoms with Gasteiger partial charge in [-0.25, -0.2) is 17.9 Å². The van der Waals surface area contributed by atoms with Crippen LogP contribution in [0.3, 0.4) is 0 Å². The first-order valence-corrected chi connectivity index (χ1v) is 8.71. The fourth-order valence-electron chi connectivity index (χ4n) is 2.18. The van der Waals surface area contributed by atoms with Gasteiger partial charge in [0.15, 0.2) is 0 Å². The van der Waals surface area contributed by atoms with E-state index in [2.05, 4.69) is 9.46 Å². The minimum absolute atomic E-state index is 0.0760. The maximum Gasteiger partial charge on any atom is 0.337 e. The van der Waals surface area contributed by atoms with E-state index in [0.29, 0.717) is 11.3 Å². The predicted octanol–water partition coefficient (Wildman–Crippen LogP) is 1.65. The quantitative estimate of drug-likeness (QED) is 0.762. The molecule has 1 atom stereocenters. The molecule has 0 aliphatic carbocycles. The third-order valence-corrected chi connectivity index (χ3v) is 4.99. The number of hydrogen-bond acceptors (Lipinski definition) is 6. The Bertz CT molecular complexity index is 767. The van der Waals surface area contributed by atoms with Gasteiger partial charge in [0.2, 0.25) is 10.0 Å². The molecule has 7 nitrogen and oxygen atoms in total. The molecule has 0 bridgehead atoms. The molecule has 1 aromatic heterocycles. The molecule has 0 fully saturated rings. The Morgan fingerprint density at radius 3 is 2.42 bits per heavy atom. The van der Waals surface area contributed by atoms with Crippen LogP contribution in [-0.4, -0.2) is 47.0 Å². The summed E-state index contributed by atoms with van der Waals surface area (Å²) >= 11 is 0. The normalized spacial score (nSPS) is 13.0. The molecule has 0 radical (unpaired) electrons. The van der Waals surface area contributed by atoms with Crippen LogP contribution in [0.15, 0.2) is 52.0 Å². The van der Waals surface area contributed by atoms with E-state index in [4.69, 9.17) is 4.42 Å². The second kappa shape index (κ2) is 7.61.